The summed E-state index contributed by atoms with van der Waals surface area (Å²) in [6.45, 7) is 0.917. The highest BCUT2D eigenvalue weighted by Gasteiger charge is 2.17. The monoisotopic (exact) mass is 307 g/mol. The molecule has 21 heavy (non-hydrogen) atoms. The van der Waals surface area contributed by atoms with Crippen LogP contribution in [-0.4, -0.2) is 26.6 Å². The molecule has 2 heterocycles. The van der Waals surface area contributed by atoms with Crippen LogP contribution in [-0.2, 0) is 10.0 Å². The summed E-state index contributed by atoms with van der Waals surface area (Å²) in [7, 11) is -3.72. The van der Waals surface area contributed by atoms with E-state index in [-0.39, 0.29) is 10.7 Å². The third kappa shape index (κ3) is 2.84. The lowest BCUT2D eigenvalue weighted by atomic mass is 10.3. The van der Waals surface area contributed by atoms with Crippen molar-refractivity contribution >= 4 is 21.5 Å². The average molecular weight is 307 g/mol. The van der Waals surface area contributed by atoms with Crippen LogP contribution in [0, 0.1) is 0 Å². The number of nitrogen functional groups attached to an aromatic ring is 1. The lowest BCUT2D eigenvalue weighted by molar-refractivity contribution is 0.171. The molecule has 7 nitrogen and oxygen atoms in total. The van der Waals surface area contributed by atoms with E-state index in [9.17, 15) is 8.42 Å². The van der Waals surface area contributed by atoms with Crippen molar-refractivity contribution in [1.29, 1.82) is 0 Å². The van der Waals surface area contributed by atoms with Gasteiger partial charge < -0.3 is 15.2 Å². The van der Waals surface area contributed by atoms with Gasteiger partial charge in [0.2, 0.25) is 0 Å². The molecule has 3 N–H and O–H groups in total. The van der Waals surface area contributed by atoms with Crippen molar-refractivity contribution in [3.63, 3.8) is 0 Å². The number of sulfonamides is 1. The van der Waals surface area contributed by atoms with E-state index >= 15 is 0 Å². The molecule has 0 aliphatic carbocycles. The van der Waals surface area contributed by atoms with Gasteiger partial charge in [0, 0.05) is 12.3 Å². The van der Waals surface area contributed by atoms with Gasteiger partial charge in [-0.3, -0.25) is 4.72 Å². The van der Waals surface area contributed by atoms with Crippen molar-refractivity contribution in [3.05, 3.63) is 36.5 Å². The fraction of sp³-hybridized carbons (Fsp3) is 0.154. The van der Waals surface area contributed by atoms with E-state index in [1.54, 1.807) is 18.2 Å². The van der Waals surface area contributed by atoms with E-state index < -0.39 is 10.0 Å². The number of anilines is 2. The first-order chi connectivity index (χ1) is 10.0. The highest BCUT2D eigenvalue weighted by atomic mass is 32.2. The lowest BCUT2D eigenvalue weighted by Crippen LogP contribution is -2.16. The van der Waals surface area contributed by atoms with Crippen LogP contribution >= 0.6 is 0 Å². The largest absolute Gasteiger partial charge is 0.486 e. The number of nitrogens with one attached hydrogen (secondary N) is 1. The molecule has 8 heteroatoms. The van der Waals surface area contributed by atoms with Crippen LogP contribution in [0.2, 0.25) is 0 Å². The van der Waals surface area contributed by atoms with Crippen LogP contribution in [0.4, 0.5) is 11.5 Å². The number of aromatic nitrogens is 1. The van der Waals surface area contributed by atoms with Gasteiger partial charge in [-0.15, -0.1) is 0 Å². The molecule has 0 saturated carbocycles. The number of rotatable bonds is 3. The first kappa shape index (κ1) is 13.5. The summed E-state index contributed by atoms with van der Waals surface area (Å²) < 4.78 is 37.7. The molecular formula is C13H13N3O4S. The topological polar surface area (TPSA) is 104 Å². The molecule has 0 fully saturated rings. The van der Waals surface area contributed by atoms with E-state index in [1.165, 1.54) is 18.3 Å². The molecule has 2 aromatic rings. The van der Waals surface area contributed by atoms with Crippen LogP contribution in [0.15, 0.2) is 41.4 Å². The van der Waals surface area contributed by atoms with Crippen LogP contribution in [0.5, 0.6) is 11.5 Å². The lowest BCUT2D eigenvalue weighted by Gasteiger charge is -2.19. The summed E-state index contributed by atoms with van der Waals surface area (Å²) in [6, 6.07) is 7.67. The molecule has 110 valence electrons. The van der Waals surface area contributed by atoms with Crippen molar-refractivity contribution < 1.29 is 17.9 Å². The first-order valence-electron chi connectivity index (χ1n) is 6.19. The zero-order chi connectivity index (χ0) is 14.9. The molecule has 0 spiro atoms. The molecular weight excluding hydrogens is 294 g/mol. The molecule has 0 saturated heterocycles. The van der Waals surface area contributed by atoms with Crippen molar-refractivity contribution in [2.45, 2.75) is 4.90 Å². The maximum Gasteiger partial charge on any atom is 0.263 e. The number of fused-ring (bicyclic) bond motifs is 1. The fourth-order valence-electron chi connectivity index (χ4n) is 1.87. The highest BCUT2D eigenvalue weighted by Crippen LogP contribution is 2.33. The summed E-state index contributed by atoms with van der Waals surface area (Å²) >= 11 is 0. The van der Waals surface area contributed by atoms with Gasteiger partial charge in [-0.05, 0) is 24.3 Å². The number of hydrogen-bond donors (Lipinski definition) is 2. The number of hydrogen-bond acceptors (Lipinski definition) is 6. The van der Waals surface area contributed by atoms with Crippen molar-refractivity contribution in [2.24, 2.45) is 0 Å². The Labute approximate surface area is 121 Å². The van der Waals surface area contributed by atoms with Gasteiger partial charge in [0.1, 0.15) is 23.9 Å². The van der Waals surface area contributed by atoms with Gasteiger partial charge in [-0.2, -0.15) is 0 Å². The van der Waals surface area contributed by atoms with Gasteiger partial charge in [-0.25, -0.2) is 13.4 Å². The van der Waals surface area contributed by atoms with Crippen molar-refractivity contribution in [3.8, 4) is 11.5 Å². The second kappa shape index (κ2) is 5.13. The van der Waals surface area contributed by atoms with Gasteiger partial charge in [0.25, 0.3) is 10.0 Å². The second-order valence-corrected chi connectivity index (χ2v) is 6.07. The Kier molecular flexibility index (Phi) is 3.30. The quantitative estimate of drug-likeness (QED) is 0.884. The van der Waals surface area contributed by atoms with Crippen LogP contribution in [0.1, 0.15) is 0 Å². The Balaban J connectivity index is 1.87. The average Bonchev–Trinajstić information content (AvgIpc) is 2.47. The van der Waals surface area contributed by atoms with E-state index in [2.05, 4.69) is 9.71 Å². The maximum atomic E-state index is 12.2. The fourth-order valence-corrected chi connectivity index (χ4v) is 2.87. The van der Waals surface area contributed by atoms with E-state index in [4.69, 9.17) is 15.2 Å². The van der Waals surface area contributed by atoms with Gasteiger partial charge in [0.05, 0.1) is 5.69 Å². The third-order valence-corrected chi connectivity index (χ3v) is 4.23. The first-order valence-corrected chi connectivity index (χ1v) is 7.67. The number of pyridine rings is 1. The minimum absolute atomic E-state index is 0.0339. The van der Waals surface area contributed by atoms with E-state index in [0.717, 1.165) is 0 Å². The minimum Gasteiger partial charge on any atom is -0.486 e. The summed E-state index contributed by atoms with van der Waals surface area (Å²) in [5, 5.41) is 0. The van der Waals surface area contributed by atoms with Crippen molar-refractivity contribution in [2.75, 3.05) is 23.7 Å². The van der Waals surface area contributed by atoms with Crippen LogP contribution in [0.25, 0.3) is 0 Å². The SMILES string of the molecule is Nc1ccc(S(=O)(=O)Nc2ccc3c(c2)OCCO3)cn1. The van der Waals surface area contributed by atoms with Crippen LogP contribution < -0.4 is 19.9 Å². The van der Waals surface area contributed by atoms with Gasteiger partial charge in [-0.1, -0.05) is 0 Å². The number of ether oxygens (including phenoxy) is 2. The Bertz CT molecular complexity index is 759. The Morgan fingerprint density at radius 2 is 1.86 bits per heavy atom. The Hall–Kier alpha value is -2.48. The molecule has 1 aliphatic heterocycles. The third-order valence-electron chi connectivity index (χ3n) is 2.86. The predicted octanol–water partition coefficient (Wildman–Crippen LogP) is 1.24. The summed E-state index contributed by atoms with van der Waals surface area (Å²) in [5.74, 6) is 1.36. The molecule has 1 aromatic carbocycles. The smallest absolute Gasteiger partial charge is 0.263 e. The molecule has 0 unspecified atom stereocenters. The zero-order valence-corrected chi connectivity index (χ0v) is 11.8. The molecule has 0 atom stereocenters. The number of nitrogens with zero attached hydrogens (tertiary/aromatic N) is 1. The highest BCUT2D eigenvalue weighted by molar-refractivity contribution is 7.92. The Morgan fingerprint density at radius 1 is 1.10 bits per heavy atom. The standard InChI is InChI=1S/C13H13N3O4S/c14-13-4-2-10(8-15-13)21(17,18)16-9-1-3-11-12(7-9)20-6-5-19-11/h1-4,7-8,16H,5-6H2,(H2,14,15). The van der Waals surface area contributed by atoms with Gasteiger partial charge >= 0.3 is 0 Å². The molecule has 0 amide bonds. The molecule has 3 rings (SSSR count). The number of benzene rings is 1. The Morgan fingerprint density at radius 3 is 2.57 bits per heavy atom. The van der Waals surface area contributed by atoms with E-state index in [1.807, 2.05) is 0 Å². The molecule has 1 aromatic heterocycles. The normalized spacial score (nSPS) is 13.7. The summed E-state index contributed by atoms with van der Waals surface area (Å²) in [5.41, 5.74) is 5.83. The summed E-state index contributed by atoms with van der Waals surface area (Å²) in [4.78, 5) is 3.81. The zero-order valence-electron chi connectivity index (χ0n) is 10.9. The van der Waals surface area contributed by atoms with E-state index in [0.29, 0.717) is 30.4 Å². The second-order valence-electron chi connectivity index (χ2n) is 4.38. The number of nitrogens with two attached hydrogens (primary N) is 1. The molecule has 0 radical (unpaired) electrons. The molecule has 0 bridgehead atoms. The van der Waals surface area contributed by atoms with Crippen LogP contribution in [0.3, 0.4) is 0 Å². The molecule has 1 aliphatic rings. The predicted molar refractivity (Wildman–Crippen MR) is 76.9 cm³/mol. The summed E-state index contributed by atoms with van der Waals surface area (Å²) in [6.07, 6.45) is 1.20. The van der Waals surface area contributed by atoms with Gasteiger partial charge in [0.15, 0.2) is 11.5 Å². The maximum absolute atomic E-state index is 12.2. The van der Waals surface area contributed by atoms with Crippen molar-refractivity contribution in [1.82, 2.24) is 4.98 Å². The minimum atomic E-state index is -3.72.